The summed E-state index contributed by atoms with van der Waals surface area (Å²) in [6.07, 6.45) is 4.19. The molecule has 0 aliphatic carbocycles. The van der Waals surface area contributed by atoms with E-state index in [1.54, 1.807) is 12.1 Å². The number of rotatable bonds is 2. The lowest BCUT2D eigenvalue weighted by molar-refractivity contribution is 0.544. The Bertz CT molecular complexity index is 531. The van der Waals surface area contributed by atoms with Crippen molar-refractivity contribution in [1.82, 2.24) is 4.98 Å². The first-order chi connectivity index (χ1) is 8.11. The first-order valence-electron chi connectivity index (χ1n) is 5.35. The zero-order valence-electron chi connectivity index (χ0n) is 9.17. The first kappa shape index (κ1) is 12.0. The van der Waals surface area contributed by atoms with Crippen molar-refractivity contribution in [3.8, 4) is 0 Å². The van der Waals surface area contributed by atoms with E-state index in [1.165, 1.54) is 12.3 Å². The fraction of sp³-hybridized carbons (Fsp3) is 0.455. The minimum absolute atomic E-state index is 0.188. The summed E-state index contributed by atoms with van der Waals surface area (Å²) >= 11 is 0. The van der Waals surface area contributed by atoms with Crippen molar-refractivity contribution in [3.05, 3.63) is 24.0 Å². The minimum atomic E-state index is -2.84. The third-order valence-electron chi connectivity index (χ3n) is 2.92. The van der Waals surface area contributed by atoms with E-state index in [9.17, 15) is 13.2 Å². The number of hydrogen-bond acceptors (Lipinski definition) is 5. The number of carbonyl (C=O) groups excluding carboxylic acids is 1. The molecule has 0 spiro atoms. The molecule has 0 radical (unpaired) electrons. The van der Waals surface area contributed by atoms with Crippen LogP contribution in [-0.4, -0.2) is 31.0 Å². The number of isocyanates is 1. The van der Waals surface area contributed by atoms with Crippen molar-refractivity contribution in [3.63, 3.8) is 0 Å². The molecule has 1 aromatic heterocycles. The van der Waals surface area contributed by atoms with Crippen LogP contribution in [0.25, 0.3) is 0 Å². The van der Waals surface area contributed by atoms with Gasteiger partial charge in [0.1, 0.15) is 9.84 Å². The Labute approximate surface area is 99.5 Å². The highest BCUT2D eigenvalue weighted by atomic mass is 32.2. The van der Waals surface area contributed by atoms with Crippen LogP contribution in [0.5, 0.6) is 0 Å². The molecule has 1 fully saturated rings. The molecule has 0 amide bonds. The van der Waals surface area contributed by atoms with Gasteiger partial charge in [0.25, 0.3) is 0 Å². The standard InChI is InChI=1S/C11H12N2O3S/c14-8-13-10-1-2-11(12-7-10)9-3-5-17(15,16)6-4-9/h1-2,7,9H,3-6H2. The zero-order valence-corrected chi connectivity index (χ0v) is 9.98. The smallest absolute Gasteiger partial charge is 0.240 e. The van der Waals surface area contributed by atoms with Gasteiger partial charge >= 0.3 is 0 Å². The zero-order chi connectivity index (χ0) is 12.3. The Morgan fingerprint density at radius 3 is 2.53 bits per heavy atom. The van der Waals surface area contributed by atoms with Gasteiger partial charge in [0.05, 0.1) is 23.4 Å². The third kappa shape index (κ3) is 2.99. The van der Waals surface area contributed by atoms with E-state index in [-0.39, 0.29) is 17.4 Å². The fourth-order valence-corrected chi connectivity index (χ4v) is 3.44. The van der Waals surface area contributed by atoms with Crippen molar-refractivity contribution in [2.75, 3.05) is 11.5 Å². The Balaban J connectivity index is 2.11. The van der Waals surface area contributed by atoms with Crippen LogP contribution >= 0.6 is 0 Å². The molecule has 2 heterocycles. The van der Waals surface area contributed by atoms with Gasteiger partial charge in [-0.1, -0.05) is 0 Å². The molecule has 0 atom stereocenters. The van der Waals surface area contributed by atoms with Crippen LogP contribution in [0.2, 0.25) is 0 Å². The maximum atomic E-state index is 11.3. The second-order valence-corrected chi connectivity index (χ2v) is 6.37. The third-order valence-corrected chi connectivity index (χ3v) is 4.63. The van der Waals surface area contributed by atoms with Gasteiger partial charge < -0.3 is 0 Å². The van der Waals surface area contributed by atoms with Crippen LogP contribution in [0.1, 0.15) is 24.5 Å². The predicted molar refractivity (Wildman–Crippen MR) is 62.6 cm³/mol. The van der Waals surface area contributed by atoms with E-state index in [4.69, 9.17) is 0 Å². The lowest BCUT2D eigenvalue weighted by Gasteiger charge is -2.21. The molecule has 0 unspecified atom stereocenters. The largest absolute Gasteiger partial charge is 0.259 e. The van der Waals surface area contributed by atoms with Gasteiger partial charge in [-0.25, -0.2) is 13.2 Å². The molecular weight excluding hydrogens is 240 g/mol. The molecule has 1 aliphatic heterocycles. The maximum Gasteiger partial charge on any atom is 0.240 e. The summed E-state index contributed by atoms with van der Waals surface area (Å²) in [6.45, 7) is 0. The number of pyridine rings is 1. The lowest BCUT2D eigenvalue weighted by atomic mass is 9.98. The van der Waals surface area contributed by atoms with Gasteiger partial charge in [0, 0.05) is 11.6 Å². The average Bonchev–Trinajstić information content (AvgIpc) is 2.31. The Kier molecular flexibility index (Phi) is 3.36. The molecule has 0 saturated carbocycles. The van der Waals surface area contributed by atoms with Gasteiger partial charge in [-0.2, -0.15) is 4.99 Å². The molecule has 6 heteroatoms. The van der Waals surface area contributed by atoms with E-state index in [2.05, 4.69) is 9.98 Å². The molecule has 5 nitrogen and oxygen atoms in total. The van der Waals surface area contributed by atoms with Crippen molar-refractivity contribution in [1.29, 1.82) is 0 Å². The molecule has 90 valence electrons. The van der Waals surface area contributed by atoms with E-state index in [0.29, 0.717) is 18.5 Å². The molecule has 0 bridgehead atoms. The summed E-state index contributed by atoms with van der Waals surface area (Å²) in [5.74, 6) is 0.647. The topological polar surface area (TPSA) is 76.5 Å². The van der Waals surface area contributed by atoms with Crippen LogP contribution in [0.4, 0.5) is 5.69 Å². The average molecular weight is 252 g/mol. The quantitative estimate of drug-likeness (QED) is 0.588. The summed E-state index contributed by atoms with van der Waals surface area (Å²) in [6, 6.07) is 3.48. The fourth-order valence-electron chi connectivity index (χ4n) is 1.94. The highest BCUT2D eigenvalue weighted by molar-refractivity contribution is 7.91. The second kappa shape index (κ2) is 4.77. The number of aromatic nitrogens is 1. The van der Waals surface area contributed by atoms with Gasteiger partial charge in [0.15, 0.2) is 0 Å². The summed E-state index contributed by atoms with van der Waals surface area (Å²) in [5.41, 5.74) is 1.33. The van der Waals surface area contributed by atoms with Gasteiger partial charge in [-0.05, 0) is 25.0 Å². The van der Waals surface area contributed by atoms with E-state index in [0.717, 1.165) is 5.69 Å². The second-order valence-electron chi connectivity index (χ2n) is 4.07. The molecule has 1 aliphatic rings. The Morgan fingerprint density at radius 2 is 2.00 bits per heavy atom. The molecule has 2 rings (SSSR count). The van der Waals surface area contributed by atoms with Crippen molar-refractivity contribution >= 4 is 21.6 Å². The monoisotopic (exact) mass is 252 g/mol. The van der Waals surface area contributed by atoms with Crippen LogP contribution in [0.3, 0.4) is 0 Å². The number of sulfone groups is 1. The molecule has 0 aromatic carbocycles. The summed E-state index contributed by atoms with van der Waals surface area (Å²) in [4.78, 5) is 17.7. The lowest BCUT2D eigenvalue weighted by Crippen LogP contribution is -2.22. The molecule has 17 heavy (non-hydrogen) atoms. The molecule has 1 aromatic rings. The SMILES string of the molecule is O=C=Nc1ccc(C2CCS(=O)(=O)CC2)nc1. The van der Waals surface area contributed by atoms with E-state index < -0.39 is 9.84 Å². The van der Waals surface area contributed by atoms with Crippen LogP contribution < -0.4 is 0 Å². The van der Waals surface area contributed by atoms with Crippen molar-refractivity contribution in [2.24, 2.45) is 4.99 Å². The minimum Gasteiger partial charge on any atom is -0.259 e. The van der Waals surface area contributed by atoms with Crippen molar-refractivity contribution < 1.29 is 13.2 Å². The Hall–Kier alpha value is -1.52. The summed E-state index contributed by atoms with van der Waals surface area (Å²) in [7, 11) is -2.84. The molecular formula is C11H12N2O3S. The summed E-state index contributed by atoms with van der Waals surface area (Å²) in [5, 5.41) is 0. The van der Waals surface area contributed by atoms with E-state index in [1.807, 2.05) is 0 Å². The van der Waals surface area contributed by atoms with Crippen LogP contribution in [0.15, 0.2) is 23.3 Å². The first-order valence-corrected chi connectivity index (χ1v) is 7.17. The number of aliphatic imine (C=N–C) groups is 1. The van der Waals surface area contributed by atoms with Crippen LogP contribution in [0, 0.1) is 0 Å². The number of nitrogens with zero attached hydrogens (tertiary/aromatic N) is 2. The van der Waals surface area contributed by atoms with E-state index >= 15 is 0 Å². The normalized spacial score (nSPS) is 19.5. The summed E-state index contributed by atoms with van der Waals surface area (Å²) < 4.78 is 22.6. The molecule has 1 saturated heterocycles. The highest BCUT2D eigenvalue weighted by Crippen LogP contribution is 2.28. The molecule has 0 N–H and O–H groups in total. The number of hydrogen-bond donors (Lipinski definition) is 0. The van der Waals surface area contributed by atoms with Crippen molar-refractivity contribution in [2.45, 2.75) is 18.8 Å². The Morgan fingerprint density at radius 1 is 1.29 bits per heavy atom. The highest BCUT2D eigenvalue weighted by Gasteiger charge is 2.25. The van der Waals surface area contributed by atoms with Gasteiger partial charge in [-0.15, -0.1) is 0 Å². The van der Waals surface area contributed by atoms with Gasteiger partial charge in [-0.3, -0.25) is 4.98 Å². The van der Waals surface area contributed by atoms with Crippen LogP contribution in [-0.2, 0) is 14.6 Å². The maximum absolute atomic E-state index is 11.3. The predicted octanol–water partition coefficient (Wildman–Crippen LogP) is 1.34. The van der Waals surface area contributed by atoms with Gasteiger partial charge in [0.2, 0.25) is 6.08 Å².